The molecule has 35 heavy (non-hydrogen) atoms. The van der Waals surface area contributed by atoms with Gasteiger partial charge in [-0.1, -0.05) is 78.9 Å². The standard InChI is InChI=1S/C30H24N2O3/c1-34-29-18-21(19-31-32-30(33)27-15-7-11-23-9-3-5-14-26(23)27)16-17-28(29)35-20-24-12-6-10-22-8-2-4-13-25(22)24/h2-19H,20H2,1H3,(H,32,33)/b31-19-. The van der Waals surface area contributed by atoms with Crippen LogP contribution < -0.4 is 14.9 Å². The summed E-state index contributed by atoms with van der Waals surface area (Å²) in [6.45, 7) is 0.423. The molecule has 5 rings (SSSR count). The normalized spacial score (nSPS) is 11.1. The lowest BCUT2D eigenvalue weighted by atomic mass is 10.0. The number of hydrogen-bond donors (Lipinski definition) is 1. The first-order valence-electron chi connectivity index (χ1n) is 11.3. The quantitative estimate of drug-likeness (QED) is 0.228. The fraction of sp³-hybridized carbons (Fsp3) is 0.0667. The van der Waals surface area contributed by atoms with Gasteiger partial charge < -0.3 is 9.47 Å². The topological polar surface area (TPSA) is 59.9 Å². The van der Waals surface area contributed by atoms with E-state index in [1.165, 1.54) is 10.8 Å². The number of nitrogens with one attached hydrogen (secondary N) is 1. The molecule has 0 aliphatic rings. The molecular weight excluding hydrogens is 436 g/mol. The predicted molar refractivity (Wildman–Crippen MR) is 140 cm³/mol. The zero-order valence-corrected chi connectivity index (χ0v) is 19.3. The highest BCUT2D eigenvalue weighted by molar-refractivity contribution is 6.07. The van der Waals surface area contributed by atoms with E-state index in [0.717, 1.165) is 21.9 Å². The summed E-state index contributed by atoms with van der Waals surface area (Å²) in [5, 5.41) is 8.37. The summed E-state index contributed by atoms with van der Waals surface area (Å²) < 4.78 is 11.6. The number of carbonyl (C=O) groups excluding carboxylic acids is 1. The highest BCUT2D eigenvalue weighted by Crippen LogP contribution is 2.29. The average molecular weight is 461 g/mol. The molecule has 5 aromatic carbocycles. The second kappa shape index (κ2) is 10.1. The van der Waals surface area contributed by atoms with Crippen LogP contribution in [-0.4, -0.2) is 19.2 Å². The highest BCUT2D eigenvalue weighted by atomic mass is 16.5. The summed E-state index contributed by atoms with van der Waals surface area (Å²) in [5.74, 6) is 0.965. The molecule has 0 bridgehead atoms. The third-order valence-corrected chi connectivity index (χ3v) is 5.86. The molecule has 1 amide bonds. The molecule has 0 fully saturated rings. The Bertz CT molecular complexity index is 1530. The Morgan fingerprint density at radius 2 is 1.49 bits per heavy atom. The third kappa shape index (κ3) is 4.84. The number of ether oxygens (including phenoxy) is 2. The van der Waals surface area contributed by atoms with Gasteiger partial charge in [-0.3, -0.25) is 4.79 Å². The van der Waals surface area contributed by atoms with Crippen molar-refractivity contribution in [1.29, 1.82) is 0 Å². The van der Waals surface area contributed by atoms with Crippen LogP contribution in [0.4, 0.5) is 0 Å². The first-order valence-corrected chi connectivity index (χ1v) is 11.3. The number of amides is 1. The van der Waals surface area contributed by atoms with Crippen molar-refractivity contribution in [2.24, 2.45) is 5.10 Å². The van der Waals surface area contributed by atoms with E-state index in [2.05, 4.69) is 34.8 Å². The van der Waals surface area contributed by atoms with Crippen molar-refractivity contribution < 1.29 is 14.3 Å². The van der Waals surface area contributed by atoms with Gasteiger partial charge in [0.05, 0.1) is 13.3 Å². The minimum Gasteiger partial charge on any atom is -0.493 e. The van der Waals surface area contributed by atoms with Crippen molar-refractivity contribution in [2.75, 3.05) is 7.11 Å². The van der Waals surface area contributed by atoms with Crippen LogP contribution in [-0.2, 0) is 6.61 Å². The lowest BCUT2D eigenvalue weighted by Gasteiger charge is -2.12. The maximum atomic E-state index is 12.7. The Morgan fingerprint density at radius 3 is 2.29 bits per heavy atom. The molecule has 5 nitrogen and oxygen atoms in total. The monoisotopic (exact) mass is 460 g/mol. The molecule has 0 atom stereocenters. The van der Waals surface area contributed by atoms with E-state index in [4.69, 9.17) is 9.47 Å². The zero-order valence-electron chi connectivity index (χ0n) is 19.3. The predicted octanol–water partition coefficient (Wildman–Crippen LogP) is 6.34. The molecule has 0 spiro atoms. The van der Waals surface area contributed by atoms with Crippen molar-refractivity contribution in [2.45, 2.75) is 6.61 Å². The number of nitrogens with zero attached hydrogens (tertiary/aromatic N) is 1. The van der Waals surface area contributed by atoms with Crippen LogP contribution in [0, 0.1) is 0 Å². The summed E-state index contributed by atoms with van der Waals surface area (Å²) in [6, 6.07) is 33.4. The lowest BCUT2D eigenvalue weighted by Crippen LogP contribution is -2.17. The van der Waals surface area contributed by atoms with Crippen molar-refractivity contribution in [3.05, 3.63) is 120 Å². The molecule has 0 radical (unpaired) electrons. The first kappa shape index (κ1) is 22.2. The van der Waals surface area contributed by atoms with Crippen LogP contribution in [0.1, 0.15) is 21.5 Å². The smallest absolute Gasteiger partial charge is 0.271 e. The number of benzene rings is 5. The fourth-order valence-electron chi connectivity index (χ4n) is 4.11. The second-order valence-electron chi connectivity index (χ2n) is 8.06. The van der Waals surface area contributed by atoms with Gasteiger partial charge in [0.2, 0.25) is 0 Å². The molecule has 1 N–H and O–H groups in total. The van der Waals surface area contributed by atoms with Crippen molar-refractivity contribution >= 4 is 33.7 Å². The molecule has 0 saturated carbocycles. The highest BCUT2D eigenvalue weighted by Gasteiger charge is 2.10. The Labute approximate surface area is 203 Å². The zero-order chi connectivity index (χ0) is 24.0. The van der Waals surface area contributed by atoms with Crippen LogP contribution in [0.5, 0.6) is 11.5 Å². The maximum Gasteiger partial charge on any atom is 0.271 e. The Balaban J connectivity index is 1.28. The minimum absolute atomic E-state index is 0.264. The molecule has 172 valence electrons. The average Bonchev–Trinajstić information content (AvgIpc) is 2.91. The summed E-state index contributed by atoms with van der Waals surface area (Å²) in [6.07, 6.45) is 1.58. The second-order valence-corrected chi connectivity index (χ2v) is 8.06. The number of carbonyl (C=O) groups is 1. The molecule has 0 aliphatic heterocycles. The van der Waals surface area contributed by atoms with E-state index >= 15 is 0 Å². The number of fused-ring (bicyclic) bond motifs is 2. The largest absolute Gasteiger partial charge is 0.493 e. The molecular formula is C30H24N2O3. The van der Waals surface area contributed by atoms with E-state index < -0.39 is 0 Å². The van der Waals surface area contributed by atoms with E-state index in [9.17, 15) is 4.79 Å². The first-order chi connectivity index (χ1) is 17.2. The van der Waals surface area contributed by atoms with Gasteiger partial charge in [-0.25, -0.2) is 5.43 Å². The third-order valence-electron chi connectivity index (χ3n) is 5.86. The summed E-state index contributed by atoms with van der Waals surface area (Å²) in [4.78, 5) is 12.7. The van der Waals surface area contributed by atoms with Crippen molar-refractivity contribution in [3.8, 4) is 11.5 Å². The molecule has 0 aromatic heterocycles. The van der Waals surface area contributed by atoms with E-state index in [1.54, 1.807) is 19.4 Å². The summed E-state index contributed by atoms with van der Waals surface area (Å²) in [7, 11) is 1.60. The maximum absolute atomic E-state index is 12.7. The van der Waals surface area contributed by atoms with Crippen LogP contribution in [0.15, 0.2) is 108 Å². The van der Waals surface area contributed by atoms with Gasteiger partial charge in [-0.05, 0) is 56.9 Å². The van der Waals surface area contributed by atoms with Gasteiger partial charge in [0, 0.05) is 5.56 Å². The van der Waals surface area contributed by atoms with Gasteiger partial charge in [0.1, 0.15) is 6.61 Å². The SMILES string of the molecule is COc1cc(/C=N\NC(=O)c2cccc3ccccc23)ccc1OCc1cccc2ccccc12. The summed E-state index contributed by atoms with van der Waals surface area (Å²) in [5.41, 5.74) is 5.07. The number of rotatable bonds is 7. The molecule has 5 heteroatoms. The van der Waals surface area contributed by atoms with Gasteiger partial charge >= 0.3 is 0 Å². The Kier molecular flexibility index (Phi) is 6.39. The number of hydrazone groups is 1. The van der Waals surface area contributed by atoms with Crippen LogP contribution in [0.25, 0.3) is 21.5 Å². The van der Waals surface area contributed by atoms with Crippen LogP contribution >= 0.6 is 0 Å². The van der Waals surface area contributed by atoms with E-state index in [-0.39, 0.29) is 5.91 Å². The lowest BCUT2D eigenvalue weighted by molar-refractivity contribution is 0.0957. The molecule has 0 saturated heterocycles. The van der Waals surface area contributed by atoms with Gasteiger partial charge in [-0.15, -0.1) is 0 Å². The van der Waals surface area contributed by atoms with E-state index in [1.807, 2.05) is 72.8 Å². The molecule has 0 aliphatic carbocycles. The molecule has 0 heterocycles. The van der Waals surface area contributed by atoms with Crippen LogP contribution in [0.3, 0.4) is 0 Å². The van der Waals surface area contributed by atoms with Crippen molar-refractivity contribution in [1.82, 2.24) is 5.43 Å². The van der Waals surface area contributed by atoms with Gasteiger partial charge in [0.15, 0.2) is 11.5 Å². The number of hydrogen-bond acceptors (Lipinski definition) is 4. The van der Waals surface area contributed by atoms with Crippen molar-refractivity contribution in [3.63, 3.8) is 0 Å². The van der Waals surface area contributed by atoms with E-state index in [0.29, 0.717) is 23.7 Å². The molecule has 5 aromatic rings. The molecule has 0 unspecified atom stereocenters. The Hall–Kier alpha value is -4.64. The number of methoxy groups -OCH3 is 1. The van der Waals surface area contributed by atoms with Gasteiger partial charge in [-0.2, -0.15) is 5.10 Å². The van der Waals surface area contributed by atoms with Crippen LogP contribution in [0.2, 0.25) is 0 Å². The summed E-state index contributed by atoms with van der Waals surface area (Å²) >= 11 is 0. The minimum atomic E-state index is -0.264. The fourth-order valence-corrected chi connectivity index (χ4v) is 4.11. The Morgan fingerprint density at radius 1 is 0.800 bits per heavy atom. The van der Waals surface area contributed by atoms with Gasteiger partial charge in [0.25, 0.3) is 5.91 Å².